The van der Waals surface area contributed by atoms with Gasteiger partial charge in [-0.05, 0) is 79.6 Å². The van der Waals surface area contributed by atoms with E-state index in [1.165, 1.54) is 27.8 Å². The SMILES string of the molecule is Cc1ccc2c(c1)Oc1c(oc3ccc(C)cc13)N2c1c(C)cc(C(C)(C)C)cc1C. The van der Waals surface area contributed by atoms with Crippen molar-refractivity contribution in [1.29, 1.82) is 0 Å². The molecule has 1 aromatic heterocycles. The molecule has 1 aliphatic rings. The van der Waals surface area contributed by atoms with Crippen LogP contribution in [0.2, 0.25) is 0 Å². The Morgan fingerprint density at radius 1 is 0.774 bits per heavy atom. The maximum atomic E-state index is 6.44. The number of rotatable bonds is 1. The summed E-state index contributed by atoms with van der Waals surface area (Å²) in [7, 11) is 0. The second kappa shape index (κ2) is 6.65. The summed E-state index contributed by atoms with van der Waals surface area (Å²) in [5, 5.41) is 1.01. The van der Waals surface area contributed by atoms with Crippen LogP contribution in [0.1, 0.15) is 48.6 Å². The average Bonchev–Trinajstić information content (AvgIpc) is 3.03. The minimum Gasteiger partial charge on any atom is -0.449 e. The summed E-state index contributed by atoms with van der Waals surface area (Å²) in [5.41, 5.74) is 9.22. The summed E-state index contributed by atoms with van der Waals surface area (Å²) in [6.07, 6.45) is 0. The zero-order chi connectivity index (χ0) is 22.1. The van der Waals surface area contributed by atoms with Gasteiger partial charge in [-0.15, -0.1) is 0 Å². The number of furan rings is 1. The van der Waals surface area contributed by atoms with Crippen LogP contribution in [0.4, 0.5) is 17.3 Å². The van der Waals surface area contributed by atoms with Crippen LogP contribution < -0.4 is 9.64 Å². The Hall–Kier alpha value is -3.20. The highest BCUT2D eigenvalue weighted by atomic mass is 16.5. The molecule has 0 spiro atoms. The molecule has 3 nitrogen and oxygen atoms in total. The van der Waals surface area contributed by atoms with Gasteiger partial charge in [-0.2, -0.15) is 0 Å². The zero-order valence-corrected chi connectivity index (χ0v) is 19.4. The predicted octanol–water partition coefficient (Wildman–Crippen LogP) is 8.54. The molecule has 0 aliphatic carbocycles. The van der Waals surface area contributed by atoms with Crippen molar-refractivity contribution in [2.75, 3.05) is 4.90 Å². The molecule has 0 N–H and O–H groups in total. The first-order valence-corrected chi connectivity index (χ1v) is 10.9. The van der Waals surface area contributed by atoms with E-state index in [2.05, 4.69) is 95.8 Å². The maximum Gasteiger partial charge on any atom is 0.249 e. The molecule has 3 heteroatoms. The van der Waals surface area contributed by atoms with Crippen LogP contribution >= 0.6 is 0 Å². The summed E-state index contributed by atoms with van der Waals surface area (Å²) in [5.74, 6) is 2.39. The van der Waals surface area contributed by atoms with Crippen LogP contribution in [0.3, 0.4) is 0 Å². The number of nitrogens with zero attached hydrogens (tertiary/aromatic N) is 1. The van der Waals surface area contributed by atoms with Crippen molar-refractivity contribution in [1.82, 2.24) is 0 Å². The van der Waals surface area contributed by atoms with Crippen molar-refractivity contribution in [2.24, 2.45) is 0 Å². The highest BCUT2D eigenvalue weighted by molar-refractivity contribution is 5.97. The first kappa shape index (κ1) is 19.7. The van der Waals surface area contributed by atoms with Crippen molar-refractivity contribution < 1.29 is 9.15 Å². The van der Waals surface area contributed by atoms with Crippen molar-refractivity contribution in [3.8, 4) is 11.5 Å². The fraction of sp³-hybridized carbons (Fsp3) is 0.286. The van der Waals surface area contributed by atoms with Gasteiger partial charge in [0, 0.05) is 0 Å². The largest absolute Gasteiger partial charge is 0.449 e. The molecular weight excluding hydrogens is 382 g/mol. The molecule has 3 aromatic carbocycles. The molecule has 2 heterocycles. The molecule has 0 bridgehead atoms. The van der Waals surface area contributed by atoms with Crippen molar-refractivity contribution in [3.05, 3.63) is 76.3 Å². The van der Waals surface area contributed by atoms with Gasteiger partial charge in [-0.3, -0.25) is 4.90 Å². The standard InChI is InChI=1S/C28H29NO2/c1-16-9-11-23-21(12-16)26-27(31-23)29(22-10-8-17(2)13-24(22)30-26)25-18(3)14-20(15-19(25)4)28(5,6)7/h8-15H,1-7H3. The van der Waals surface area contributed by atoms with Crippen LogP contribution in [-0.4, -0.2) is 0 Å². The molecule has 31 heavy (non-hydrogen) atoms. The predicted molar refractivity (Wildman–Crippen MR) is 129 cm³/mol. The van der Waals surface area contributed by atoms with Crippen molar-refractivity contribution >= 4 is 28.2 Å². The first-order chi connectivity index (χ1) is 14.6. The topological polar surface area (TPSA) is 25.6 Å². The molecule has 0 saturated carbocycles. The number of anilines is 3. The van der Waals surface area contributed by atoms with Gasteiger partial charge in [0.15, 0.2) is 11.5 Å². The van der Waals surface area contributed by atoms with E-state index in [-0.39, 0.29) is 5.41 Å². The normalized spacial score (nSPS) is 13.2. The molecule has 0 atom stereocenters. The van der Waals surface area contributed by atoms with Crippen LogP contribution in [0.15, 0.2) is 52.9 Å². The quantitative estimate of drug-likeness (QED) is 0.276. The molecule has 1 aliphatic heterocycles. The van der Waals surface area contributed by atoms with Crippen LogP contribution in [0, 0.1) is 27.7 Å². The molecule has 0 amide bonds. The third-order valence-electron chi connectivity index (χ3n) is 6.13. The highest BCUT2D eigenvalue weighted by Gasteiger charge is 2.33. The molecule has 0 saturated heterocycles. The van der Waals surface area contributed by atoms with Gasteiger partial charge < -0.3 is 9.15 Å². The van der Waals surface area contributed by atoms with Gasteiger partial charge in [-0.25, -0.2) is 0 Å². The highest BCUT2D eigenvalue weighted by Crippen LogP contribution is 2.55. The molecule has 158 valence electrons. The summed E-state index contributed by atoms with van der Waals surface area (Å²) < 4.78 is 12.8. The summed E-state index contributed by atoms with van der Waals surface area (Å²) in [4.78, 5) is 2.24. The smallest absolute Gasteiger partial charge is 0.249 e. The second-order valence-corrected chi connectivity index (χ2v) is 9.85. The van der Waals surface area contributed by atoms with E-state index in [0.717, 1.165) is 39.7 Å². The van der Waals surface area contributed by atoms with E-state index in [9.17, 15) is 0 Å². The van der Waals surface area contributed by atoms with E-state index < -0.39 is 0 Å². The fourth-order valence-electron chi connectivity index (χ4n) is 4.49. The molecule has 0 unspecified atom stereocenters. The Balaban J connectivity index is 1.81. The lowest BCUT2D eigenvalue weighted by atomic mass is 9.84. The Morgan fingerprint density at radius 3 is 2.10 bits per heavy atom. The van der Waals surface area contributed by atoms with Crippen molar-refractivity contribution in [2.45, 2.75) is 53.9 Å². The average molecular weight is 412 g/mol. The molecule has 5 rings (SSSR count). The van der Waals surface area contributed by atoms with E-state index in [4.69, 9.17) is 9.15 Å². The monoisotopic (exact) mass is 411 g/mol. The number of fused-ring (bicyclic) bond motifs is 4. The maximum absolute atomic E-state index is 6.44. The van der Waals surface area contributed by atoms with Crippen LogP contribution in [-0.2, 0) is 5.41 Å². The van der Waals surface area contributed by atoms with E-state index in [1.54, 1.807) is 0 Å². The van der Waals surface area contributed by atoms with Gasteiger partial charge in [0.2, 0.25) is 5.88 Å². The van der Waals surface area contributed by atoms with Crippen LogP contribution in [0.5, 0.6) is 11.5 Å². The Bertz CT molecular complexity index is 1310. The Kier molecular flexibility index (Phi) is 4.23. The van der Waals surface area contributed by atoms with Gasteiger partial charge in [0.1, 0.15) is 5.58 Å². The number of hydrogen-bond donors (Lipinski definition) is 0. The number of aryl methyl sites for hydroxylation is 4. The molecular formula is C28H29NO2. The second-order valence-electron chi connectivity index (χ2n) is 9.85. The number of hydrogen-bond acceptors (Lipinski definition) is 3. The van der Waals surface area contributed by atoms with Crippen LogP contribution in [0.25, 0.3) is 11.0 Å². The van der Waals surface area contributed by atoms with E-state index in [1.807, 2.05) is 6.07 Å². The lowest BCUT2D eigenvalue weighted by Crippen LogP contribution is -2.18. The van der Waals surface area contributed by atoms with Gasteiger partial charge in [-0.1, -0.05) is 50.6 Å². The number of ether oxygens (including phenoxy) is 1. The summed E-state index contributed by atoms with van der Waals surface area (Å²) in [6, 6.07) is 17.2. The molecule has 4 aromatic rings. The summed E-state index contributed by atoms with van der Waals surface area (Å²) >= 11 is 0. The first-order valence-electron chi connectivity index (χ1n) is 10.9. The zero-order valence-electron chi connectivity index (χ0n) is 19.4. The van der Waals surface area contributed by atoms with Gasteiger partial charge in [0.05, 0.1) is 16.8 Å². The lowest BCUT2D eigenvalue weighted by molar-refractivity contribution is 0.463. The Labute approximate surface area is 184 Å². The van der Waals surface area contributed by atoms with Gasteiger partial charge >= 0.3 is 0 Å². The van der Waals surface area contributed by atoms with E-state index in [0.29, 0.717) is 0 Å². The van der Waals surface area contributed by atoms with Gasteiger partial charge in [0.25, 0.3) is 0 Å². The van der Waals surface area contributed by atoms with E-state index >= 15 is 0 Å². The lowest BCUT2D eigenvalue weighted by Gasteiger charge is -2.33. The fourth-order valence-corrected chi connectivity index (χ4v) is 4.49. The number of benzene rings is 3. The molecule has 0 fully saturated rings. The van der Waals surface area contributed by atoms with Crippen molar-refractivity contribution in [3.63, 3.8) is 0 Å². The molecule has 0 radical (unpaired) electrons. The minimum absolute atomic E-state index is 0.0934. The minimum atomic E-state index is 0.0934. The third kappa shape index (κ3) is 3.11. The third-order valence-corrected chi connectivity index (χ3v) is 6.13. The summed E-state index contributed by atoms with van der Waals surface area (Å²) in [6.45, 7) is 15.3. The Morgan fingerprint density at radius 2 is 1.42 bits per heavy atom.